The van der Waals surface area contributed by atoms with Gasteiger partial charge in [-0.05, 0) is 52.5 Å². The number of rotatable bonds is 6. The van der Waals surface area contributed by atoms with Gasteiger partial charge in [0.15, 0.2) is 0 Å². The van der Waals surface area contributed by atoms with E-state index in [1.54, 1.807) is 0 Å². The molecule has 0 radical (unpaired) electrons. The van der Waals surface area contributed by atoms with E-state index in [9.17, 15) is 5.11 Å². The largest absolute Gasteiger partial charge is 0.392 e. The van der Waals surface area contributed by atoms with Gasteiger partial charge in [-0.2, -0.15) is 0 Å². The number of aliphatic hydroxyl groups excluding tert-OH is 1. The molecule has 0 saturated carbocycles. The zero-order valence-corrected chi connectivity index (χ0v) is 14.2. The summed E-state index contributed by atoms with van der Waals surface area (Å²) in [5.74, 6) is 2.00. The highest BCUT2D eigenvalue weighted by Gasteiger charge is 2.17. The van der Waals surface area contributed by atoms with E-state index in [-0.39, 0.29) is 6.61 Å². The molecule has 1 heteroatoms. The highest BCUT2D eigenvalue weighted by Crippen LogP contribution is 2.32. The summed E-state index contributed by atoms with van der Waals surface area (Å²) in [4.78, 5) is 0. The van der Waals surface area contributed by atoms with Gasteiger partial charge in [-0.3, -0.25) is 0 Å². The SMILES string of the molecule is CC(C)CC(c1ccc(-c2cccc(CO)c2)cc1)C(C)C. The molecule has 118 valence electrons. The molecule has 1 unspecified atom stereocenters. The molecule has 0 amide bonds. The standard InChI is InChI=1S/C21H28O/c1-15(2)12-21(16(3)4)19-10-8-18(9-11-19)20-7-5-6-17(13-20)14-22/h5-11,13,15-16,21-22H,12,14H2,1-4H3. The van der Waals surface area contributed by atoms with E-state index in [4.69, 9.17) is 0 Å². The lowest BCUT2D eigenvalue weighted by Crippen LogP contribution is -2.09. The summed E-state index contributed by atoms with van der Waals surface area (Å²) in [5.41, 5.74) is 4.78. The topological polar surface area (TPSA) is 20.2 Å². The number of aliphatic hydroxyl groups is 1. The van der Waals surface area contributed by atoms with Gasteiger partial charge >= 0.3 is 0 Å². The molecule has 1 atom stereocenters. The number of hydrogen-bond acceptors (Lipinski definition) is 1. The summed E-state index contributed by atoms with van der Waals surface area (Å²) >= 11 is 0. The van der Waals surface area contributed by atoms with Crippen molar-refractivity contribution >= 4 is 0 Å². The molecule has 0 spiro atoms. The molecular weight excluding hydrogens is 268 g/mol. The van der Waals surface area contributed by atoms with Gasteiger partial charge in [0.05, 0.1) is 6.61 Å². The van der Waals surface area contributed by atoms with Crippen LogP contribution in [0.15, 0.2) is 48.5 Å². The van der Waals surface area contributed by atoms with E-state index in [0.717, 1.165) is 5.56 Å². The van der Waals surface area contributed by atoms with Crippen LogP contribution in [0.2, 0.25) is 0 Å². The molecule has 0 heterocycles. The van der Waals surface area contributed by atoms with E-state index in [1.807, 2.05) is 12.1 Å². The zero-order chi connectivity index (χ0) is 16.1. The second kappa shape index (κ2) is 7.60. The lowest BCUT2D eigenvalue weighted by molar-refractivity contribution is 0.282. The predicted molar refractivity (Wildman–Crippen MR) is 94.8 cm³/mol. The molecule has 2 aromatic rings. The van der Waals surface area contributed by atoms with E-state index >= 15 is 0 Å². The maximum Gasteiger partial charge on any atom is 0.0682 e. The fourth-order valence-corrected chi connectivity index (χ4v) is 3.07. The third-order valence-electron chi connectivity index (χ3n) is 4.31. The van der Waals surface area contributed by atoms with Gasteiger partial charge in [-0.25, -0.2) is 0 Å². The summed E-state index contributed by atoms with van der Waals surface area (Å²) in [5, 5.41) is 9.27. The second-order valence-electron chi connectivity index (χ2n) is 6.96. The summed E-state index contributed by atoms with van der Waals surface area (Å²) < 4.78 is 0. The van der Waals surface area contributed by atoms with Gasteiger partial charge in [-0.15, -0.1) is 0 Å². The molecule has 1 N–H and O–H groups in total. The van der Waals surface area contributed by atoms with Crippen molar-refractivity contribution in [3.8, 4) is 11.1 Å². The maximum atomic E-state index is 9.27. The minimum atomic E-state index is 0.0930. The molecule has 0 aliphatic rings. The van der Waals surface area contributed by atoms with Crippen LogP contribution in [0.3, 0.4) is 0 Å². The molecule has 2 rings (SSSR count). The first-order valence-electron chi connectivity index (χ1n) is 8.31. The Hall–Kier alpha value is -1.60. The fourth-order valence-electron chi connectivity index (χ4n) is 3.07. The van der Waals surface area contributed by atoms with Crippen molar-refractivity contribution in [2.75, 3.05) is 0 Å². The minimum Gasteiger partial charge on any atom is -0.392 e. The van der Waals surface area contributed by atoms with Crippen molar-refractivity contribution in [1.82, 2.24) is 0 Å². The minimum absolute atomic E-state index is 0.0930. The third kappa shape index (κ3) is 4.20. The van der Waals surface area contributed by atoms with Gasteiger partial charge in [0.25, 0.3) is 0 Å². The molecular formula is C21H28O. The van der Waals surface area contributed by atoms with Gasteiger partial charge in [-0.1, -0.05) is 70.2 Å². The molecule has 2 aromatic carbocycles. The highest BCUT2D eigenvalue weighted by molar-refractivity contribution is 5.64. The van der Waals surface area contributed by atoms with Crippen molar-refractivity contribution in [1.29, 1.82) is 0 Å². The highest BCUT2D eigenvalue weighted by atomic mass is 16.3. The lowest BCUT2D eigenvalue weighted by atomic mass is 9.82. The average Bonchev–Trinajstić information content (AvgIpc) is 2.52. The molecule has 0 fully saturated rings. The number of hydrogen-bond donors (Lipinski definition) is 1. The van der Waals surface area contributed by atoms with Crippen LogP contribution in [-0.4, -0.2) is 5.11 Å². The van der Waals surface area contributed by atoms with Crippen LogP contribution in [-0.2, 0) is 6.61 Å². The Kier molecular flexibility index (Phi) is 5.79. The van der Waals surface area contributed by atoms with Gasteiger partial charge in [0, 0.05) is 0 Å². The Bertz CT molecular complexity index is 581. The molecule has 0 aliphatic carbocycles. The smallest absolute Gasteiger partial charge is 0.0682 e. The Morgan fingerprint density at radius 1 is 0.864 bits per heavy atom. The van der Waals surface area contributed by atoms with Crippen molar-refractivity contribution in [2.24, 2.45) is 11.8 Å². The Morgan fingerprint density at radius 2 is 1.55 bits per heavy atom. The summed E-state index contributed by atoms with van der Waals surface area (Å²) in [6, 6.07) is 17.1. The zero-order valence-electron chi connectivity index (χ0n) is 14.2. The van der Waals surface area contributed by atoms with Gasteiger partial charge in [0.1, 0.15) is 0 Å². The second-order valence-corrected chi connectivity index (χ2v) is 6.96. The first kappa shape index (κ1) is 16.8. The van der Waals surface area contributed by atoms with Crippen LogP contribution in [0.5, 0.6) is 0 Å². The van der Waals surface area contributed by atoms with E-state index in [1.165, 1.54) is 23.1 Å². The van der Waals surface area contributed by atoms with Crippen LogP contribution in [0.1, 0.15) is 51.2 Å². The van der Waals surface area contributed by atoms with Gasteiger partial charge < -0.3 is 5.11 Å². The van der Waals surface area contributed by atoms with Crippen molar-refractivity contribution in [3.05, 3.63) is 59.7 Å². The van der Waals surface area contributed by atoms with Crippen LogP contribution < -0.4 is 0 Å². The van der Waals surface area contributed by atoms with Crippen LogP contribution >= 0.6 is 0 Å². The van der Waals surface area contributed by atoms with Crippen LogP contribution in [0, 0.1) is 11.8 Å². The normalized spacial score (nSPS) is 12.9. The predicted octanol–water partition coefficient (Wildman–Crippen LogP) is 5.63. The van der Waals surface area contributed by atoms with Crippen molar-refractivity contribution in [2.45, 2.75) is 46.6 Å². The van der Waals surface area contributed by atoms with Crippen LogP contribution in [0.4, 0.5) is 0 Å². The van der Waals surface area contributed by atoms with E-state index in [0.29, 0.717) is 17.8 Å². The molecule has 0 saturated heterocycles. The summed E-state index contributed by atoms with van der Waals surface area (Å²) in [6.07, 6.45) is 1.23. The first-order chi connectivity index (χ1) is 10.5. The molecule has 1 nitrogen and oxygen atoms in total. The molecule has 0 aliphatic heterocycles. The van der Waals surface area contributed by atoms with Crippen molar-refractivity contribution in [3.63, 3.8) is 0 Å². The fraction of sp³-hybridized carbons (Fsp3) is 0.429. The molecule has 0 bridgehead atoms. The van der Waals surface area contributed by atoms with E-state index < -0.39 is 0 Å². The average molecular weight is 296 g/mol. The molecule has 0 aromatic heterocycles. The summed E-state index contributed by atoms with van der Waals surface area (Å²) in [6.45, 7) is 9.31. The monoisotopic (exact) mass is 296 g/mol. The van der Waals surface area contributed by atoms with Crippen molar-refractivity contribution < 1.29 is 5.11 Å². The Morgan fingerprint density at radius 3 is 2.09 bits per heavy atom. The first-order valence-corrected chi connectivity index (χ1v) is 8.31. The Balaban J connectivity index is 2.25. The quantitative estimate of drug-likeness (QED) is 0.732. The Labute approximate surface area is 135 Å². The van der Waals surface area contributed by atoms with Crippen LogP contribution in [0.25, 0.3) is 11.1 Å². The van der Waals surface area contributed by atoms with Gasteiger partial charge in [0.2, 0.25) is 0 Å². The maximum absolute atomic E-state index is 9.27. The number of benzene rings is 2. The lowest BCUT2D eigenvalue weighted by Gasteiger charge is -2.23. The van der Waals surface area contributed by atoms with E-state index in [2.05, 4.69) is 64.1 Å². The third-order valence-corrected chi connectivity index (χ3v) is 4.31. The summed E-state index contributed by atoms with van der Waals surface area (Å²) in [7, 11) is 0. The molecule has 22 heavy (non-hydrogen) atoms.